The molecular formula is C26H23ClN2O6. The van der Waals surface area contributed by atoms with Crippen molar-refractivity contribution in [2.75, 3.05) is 21.3 Å². The van der Waals surface area contributed by atoms with Gasteiger partial charge < -0.3 is 24.2 Å². The smallest absolute Gasteiger partial charge is 0.295 e. The second-order valence-corrected chi connectivity index (χ2v) is 8.15. The van der Waals surface area contributed by atoms with Crippen LogP contribution in [0.25, 0.3) is 5.76 Å². The van der Waals surface area contributed by atoms with Crippen LogP contribution >= 0.6 is 11.6 Å². The lowest BCUT2D eigenvalue weighted by Crippen LogP contribution is -2.29. The summed E-state index contributed by atoms with van der Waals surface area (Å²) in [5.74, 6) is -0.770. The molecule has 0 bridgehead atoms. The Kier molecular flexibility index (Phi) is 6.93. The van der Waals surface area contributed by atoms with Gasteiger partial charge >= 0.3 is 0 Å². The van der Waals surface area contributed by atoms with Gasteiger partial charge in [-0.25, -0.2) is 0 Å². The molecule has 1 aromatic heterocycles. The van der Waals surface area contributed by atoms with E-state index < -0.39 is 23.5 Å². The normalized spacial score (nSPS) is 16.9. The molecule has 1 N–H and O–H groups in total. The Hall–Kier alpha value is -4.04. The third-order valence-corrected chi connectivity index (χ3v) is 6.07. The molecule has 9 heteroatoms. The number of rotatable bonds is 7. The van der Waals surface area contributed by atoms with Crippen molar-refractivity contribution in [3.8, 4) is 17.2 Å². The number of ether oxygens (including phenoxy) is 3. The summed E-state index contributed by atoms with van der Waals surface area (Å²) < 4.78 is 15.9. The highest BCUT2D eigenvalue weighted by Gasteiger charge is 2.46. The van der Waals surface area contributed by atoms with E-state index in [9.17, 15) is 14.7 Å². The average molecular weight is 495 g/mol. The number of hydrogen-bond donors (Lipinski definition) is 1. The van der Waals surface area contributed by atoms with E-state index >= 15 is 0 Å². The number of benzene rings is 2. The van der Waals surface area contributed by atoms with E-state index in [2.05, 4.69) is 4.98 Å². The number of ketones is 1. The van der Waals surface area contributed by atoms with Crippen molar-refractivity contribution >= 4 is 29.1 Å². The van der Waals surface area contributed by atoms with Crippen LogP contribution in [0.3, 0.4) is 0 Å². The van der Waals surface area contributed by atoms with E-state index in [1.165, 1.54) is 31.3 Å². The molecule has 0 aliphatic carbocycles. The van der Waals surface area contributed by atoms with Gasteiger partial charge in [0.25, 0.3) is 11.7 Å². The number of carbonyl (C=O) groups excluding carboxylic acids is 2. The number of aliphatic hydroxyl groups is 1. The highest BCUT2D eigenvalue weighted by Crippen LogP contribution is 2.43. The number of aliphatic hydroxyl groups excluding tert-OH is 1. The molecule has 0 spiro atoms. The Balaban J connectivity index is 1.89. The van der Waals surface area contributed by atoms with Crippen LogP contribution in [-0.2, 0) is 16.1 Å². The maximum Gasteiger partial charge on any atom is 0.295 e. The predicted molar refractivity (Wildman–Crippen MR) is 130 cm³/mol. The molecule has 1 unspecified atom stereocenters. The van der Waals surface area contributed by atoms with Gasteiger partial charge in [-0.2, -0.15) is 0 Å². The number of methoxy groups -OCH3 is 3. The third kappa shape index (κ3) is 4.52. The Morgan fingerprint density at radius 1 is 1.00 bits per heavy atom. The van der Waals surface area contributed by atoms with Crippen LogP contribution < -0.4 is 14.2 Å². The van der Waals surface area contributed by atoms with Crippen LogP contribution in [0.1, 0.15) is 22.7 Å². The summed E-state index contributed by atoms with van der Waals surface area (Å²) in [4.78, 5) is 32.0. The summed E-state index contributed by atoms with van der Waals surface area (Å²) in [5, 5.41) is 11.6. The zero-order valence-corrected chi connectivity index (χ0v) is 20.1. The summed E-state index contributed by atoms with van der Waals surface area (Å²) in [7, 11) is 4.42. The monoisotopic (exact) mass is 494 g/mol. The van der Waals surface area contributed by atoms with E-state index in [0.717, 1.165) is 5.56 Å². The fourth-order valence-corrected chi connectivity index (χ4v) is 4.33. The van der Waals surface area contributed by atoms with Gasteiger partial charge in [0, 0.05) is 25.0 Å². The number of aromatic nitrogens is 1. The Labute approximate surface area is 207 Å². The minimum atomic E-state index is -0.866. The largest absolute Gasteiger partial charge is 0.507 e. The number of halogens is 1. The van der Waals surface area contributed by atoms with E-state index in [0.29, 0.717) is 17.1 Å². The number of nitrogens with zero attached hydrogens (tertiary/aromatic N) is 2. The molecule has 8 nitrogen and oxygen atoms in total. The highest BCUT2D eigenvalue weighted by atomic mass is 35.5. The molecule has 35 heavy (non-hydrogen) atoms. The van der Waals surface area contributed by atoms with Crippen molar-refractivity contribution in [3.05, 3.63) is 88.2 Å². The first kappa shape index (κ1) is 24.1. The van der Waals surface area contributed by atoms with Gasteiger partial charge in [0.2, 0.25) is 0 Å². The minimum Gasteiger partial charge on any atom is -0.507 e. The fourth-order valence-electron chi connectivity index (χ4n) is 4.09. The van der Waals surface area contributed by atoms with Gasteiger partial charge in [0.15, 0.2) is 0 Å². The quantitative estimate of drug-likeness (QED) is 0.295. The number of pyridine rings is 1. The molecule has 1 aliphatic rings. The SMILES string of the molecule is COc1cccc(CN2C(=O)C(=O)/C(=C(/O)c3cc(Cl)c(OC)cc3OC)C2c2ccncc2)c1. The first-order valence-corrected chi connectivity index (χ1v) is 11.0. The molecule has 0 radical (unpaired) electrons. The molecule has 2 heterocycles. The Morgan fingerprint density at radius 3 is 2.37 bits per heavy atom. The average Bonchev–Trinajstić information content (AvgIpc) is 3.13. The van der Waals surface area contributed by atoms with Gasteiger partial charge in [0.05, 0.1) is 43.5 Å². The summed E-state index contributed by atoms with van der Waals surface area (Å²) in [6.45, 7) is 0.117. The lowest BCUT2D eigenvalue weighted by atomic mass is 9.95. The number of hydrogen-bond acceptors (Lipinski definition) is 7. The van der Waals surface area contributed by atoms with Gasteiger partial charge in [-0.15, -0.1) is 0 Å². The van der Waals surface area contributed by atoms with Crippen molar-refractivity contribution in [2.24, 2.45) is 0 Å². The van der Waals surface area contributed by atoms with Crippen LogP contribution in [0.4, 0.5) is 0 Å². The van der Waals surface area contributed by atoms with E-state index in [-0.39, 0.29) is 28.5 Å². The van der Waals surface area contributed by atoms with Crippen molar-refractivity contribution in [3.63, 3.8) is 0 Å². The highest BCUT2D eigenvalue weighted by molar-refractivity contribution is 6.46. The molecule has 1 saturated heterocycles. The number of likely N-dealkylation sites (tertiary alicyclic amines) is 1. The molecule has 180 valence electrons. The van der Waals surface area contributed by atoms with Crippen molar-refractivity contribution in [1.29, 1.82) is 0 Å². The molecule has 1 aliphatic heterocycles. The number of carbonyl (C=O) groups is 2. The van der Waals surface area contributed by atoms with Crippen molar-refractivity contribution in [1.82, 2.24) is 9.88 Å². The molecule has 1 fully saturated rings. The van der Waals surface area contributed by atoms with Gasteiger partial charge in [0.1, 0.15) is 23.0 Å². The van der Waals surface area contributed by atoms with Crippen LogP contribution in [0.2, 0.25) is 5.02 Å². The maximum atomic E-state index is 13.3. The number of Topliss-reactive ketones (excluding diaryl/α,β-unsaturated/α-hetero) is 1. The second kappa shape index (κ2) is 10.1. The van der Waals surface area contributed by atoms with Crippen LogP contribution in [0, 0.1) is 0 Å². The predicted octanol–water partition coefficient (Wildman–Crippen LogP) is 4.38. The second-order valence-electron chi connectivity index (χ2n) is 7.75. The molecule has 2 aromatic carbocycles. The first-order chi connectivity index (χ1) is 16.9. The summed E-state index contributed by atoms with van der Waals surface area (Å²) >= 11 is 6.30. The van der Waals surface area contributed by atoms with E-state index in [1.807, 2.05) is 6.07 Å². The van der Waals surface area contributed by atoms with Gasteiger partial charge in [-0.05, 0) is 41.5 Å². The number of amides is 1. The van der Waals surface area contributed by atoms with Crippen LogP contribution in [0.5, 0.6) is 17.2 Å². The van der Waals surface area contributed by atoms with Gasteiger partial charge in [-0.1, -0.05) is 23.7 Å². The minimum absolute atomic E-state index is 0.0800. The zero-order chi connectivity index (χ0) is 25.1. The van der Waals surface area contributed by atoms with Crippen LogP contribution in [-0.4, -0.2) is 48.0 Å². The van der Waals surface area contributed by atoms with Crippen molar-refractivity contribution in [2.45, 2.75) is 12.6 Å². The third-order valence-electron chi connectivity index (χ3n) is 5.78. The van der Waals surface area contributed by atoms with Crippen LogP contribution in [0.15, 0.2) is 66.5 Å². The Bertz CT molecular complexity index is 1310. The first-order valence-electron chi connectivity index (χ1n) is 10.6. The molecule has 1 amide bonds. The van der Waals surface area contributed by atoms with Crippen molar-refractivity contribution < 1.29 is 28.9 Å². The summed E-state index contributed by atoms with van der Waals surface area (Å²) in [6, 6.07) is 12.7. The maximum absolute atomic E-state index is 13.3. The standard InChI is InChI=1S/C26H23ClN2O6/c1-33-17-6-4-5-15(11-17)14-29-23(16-7-9-28-10-8-16)22(25(31)26(29)32)24(30)18-12-19(27)21(35-3)13-20(18)34-2/h4-13,23,30H,14H2,1-3H3/b24-22+. The van der Waals surface area contributed by atoms with Gasteiger partial charge in [-0.3, -0.25) is 14.6 Å². The summed E-state index contributed by atoms with van der Waals surface area (Å²) in [5.41, 5.74) is 1.46. The summed E-state index contributed by atoms with van der Waals surface area (Å²) in [6.07, 6.45) is 3.12. The lowest BCUT2D eigenvalue weighted by Gasteiger charge is -2.25. The molecule has 4 rings (SSSR count). The molecular weight excluding hydrogens is 472 g/mol. The Morgan fingerprint density at radius 2 is 1.71 bits per heavy atom. The topological polar surface area (TPSA) is 98.2 Å². The molecule has 1 atom stereocenters. The molecule has 3 aromatic rings. The fraction of sp³-hybridized carbons (Fsp3) is 0.192. The van der Waals surface area contributed by atoms with E-state index in [1.54, 1.807) is 49.8 Å². The zero-order valence-electron chi connectivity index (χ0n) is 19.3. The van der Waals surface area contributed by atoms with E-state index in [4.69, 9.17) is 25.8 Å². The molecule has 0 saturated carbocycles. The lowest BCUT2D eigenvalue weighted by molar-refractivity contribution is -0.140.